The van der Waals surface area contributed by atoms with E-state index in [4.69, 9.17) is 9.47 Å². The van der Waals surface area contributed by atoms with Gasteiger partial charge in [-0.05, 0) is 42.7 Å². The van der Waals surface area contributed by atoms with Crippen molar-refractivity contribution < 1.29 is 23.5 Å². The van der Waals surface area contributed by atoms with Gasteiger partial charge in [-0.3, -0.25) is 9.59 Å². The number of piperidine rings is 1. The van der Waals surface area contributed by atoms with Gasteiger partial charge in [-0.25, -0.2) is 4.39 Å². The highest BCUT2D eigenvalue weighted by molar-refractivity contribution is 5.95. The zero-order valence-electron chi connectivity index (χ0n) is 17.6. The molecule has 2 aromatic rings. The van der Waals surface area contributed by atoms with Gasteiger partial charge in [0.05, 0.1) is 14.2 Å². The molecular formula is C23H27FN2O4. The number of methoxy groups -OCH3 is 2. The predicted molar refractivity (Wildman–Crippen MR) is 111 cm³/mol. The van der Waals surface area contributed by atoms with E-state index >= 15 is 0 Å². The fourth-order valence-electron chi connectivity index (χ4n) is 3.70. The van der Waals surface area contributed by atoms with Gasteiger partial charge in [-0.2, -0.15) is 0 Å². The monoisotopic (exact) mass is 414 g/mol. The van der Waals surface area contributed by atoms with Crippen LogP contribution in [-0.4, -0.2) is 56.0 Å². The van der Waals surface area contributed by atoms with E-state index in [-0.39, 0.29) is 23.5 Å². The summed E-state index contributed by atoms with van der Waals surface area (Å²) in [4.78, 5) is 29.1. The van der Waals surface area contributed by atoms with Crippen molar-refractivity contribution >= 4 is 11.8 Å². The van der Waals surface area contributed by atoms with Gasteiger partial charge in [-0.1, -0.05) is 12.1 Å². The van der Waals surface area contributed by atoms with Gasteiger partial charge in [0, 0.05) is 44.2 Å². The van der Waals surface area contributed by atoms with Crippen molar-refractivity contribution in [1.29, 1.82) is 0 Å². The molecule has 0 radical (unpaired) electrons. The van der Waals surface area contributed by atoms with Crippen LogP contribution in [0, 0.1) is 11.7 Å². The quantitative estimate of drug-likeness (QED) is 0.727. The summed E-state index contributed by atoms with van der Waals surface area (Å²) >= 11 is 0. The molecule has 1 aliphatic rings. The number of amides is 2. The van der Waals surface area contributed by atoms with Crippen molar-refractivity contribution in [2.45, 2.75) is 19.4 Å². The maximum atomic E-state index is 13.1. The molecule has 0 atom stereocenters. The Morgan fingerprint density at radius 1 is 1.03 bits per heavy atom. The first-order valence-corrected chi connectivity index (χ1v) is 9.93. The Morgan fingerprint density at radius 3 is 2.13 bits per heavy atom. The largest absolute Gasteiger partial charge is 0.497 e. The lowest BCUT2D eigenvalue weighted by molar-refractivity contribution is -0.136. The Labute approximate surface area is 176 Å². The van der Waals surface area contributed by atoms with Crippen molar-refractivity contribution in [3.05, 3.63) is 59.4 Å². The fraction of sp³-hybridized carbons (Fsp3) is 0.391. The summed E-state index contributed by atoms with van der Waals surface area (Å²) in [6.07, 6.45) is 1.22. The molecule has 1 saturated heterocycles. The topological polar surface area (TPSA) is 59.1 Å². The highest BCUT2D eigenvalue weighted by Gasteiger charge is 2.29. The maximum absolute atomic E-state index is 13.1. The van der Waals surface area contributed by atoms with E-state index in [0.717, 1.165) is 5.56 Å². The van der Waals surface area contributed by atoms with E-state index in [2.05, 4.69) is 0 Å². The summed E-state index contributed by atoms with van der Waals surface area (Å²) in [6.45, 7) is 1.46. The van der Waals surface area contributed by atoms with E-state index in [1.54, 1.807) is 61.4 Å². The van der Waals surface area contributed by atoms with E-state index in [0.29, 0.717) is 49.5 Å². The summed E-state index contributed by atoms with van der Waals surface area (Å²) < 4.78 is 23.5. The van der Waals surface area contributed by atoms with Crippen LogP contribution in [0.4, 0.5) is 4.39 Å². The average Bonchev–Trinajstić information content (AvgIpc) is 2.79. The van der Waals surface area contributed by atoms with Gasteiger partial charge < -0.3 is 19.3 Å². The highest BCUT2D eigenvalue weighted by Crippen LogP contribution is 2.26. The number of hydrogen-bond acceptors (Lipinski definition) is 4. The summed E-state index contributed by atoms with van der Waals surface area (Å²) in [7, 11) is 4.84. The van der Waals surface area contributed by atoms with Crippen molar-refractivity contribution in [3.8, 4) is 11.5 Å². The molecule has 1 aliphatic heterocycles. The number of nitrogens with zero attached hydrogens (tertiary/aromatic N) is 2. The highest BCUT2D eigenvalue weighted by atomic mass is 19.1. The van der Waals surface area contributed by atoms with Gasteiger partial charge in [0.15, 0.2) is 0 Å². The van der Waals surface area contributed by atoms with Crippen LogP contribution in [0.2, 0.25) is 0 Å². The molecule has 160 valence electrons. The standard InChI is InChI=1S/C23H27FN2O4/c1-25(15-16-4-6-19(24)7-5-16)22(27)17-8-10-26(11-9-17)23(28)18-12-20(29-2)14-21(13-18)30-3/h4-7,12-14,17H,8-11,15H2,1-3H3. The Kier molecular flexibility index (Phi) is 6.92. The molecule has 0 aromatic heterocycles. The summed E-state index contributed by atoms with van der Waals surface area (Å²) in [5, 5.41) is 0. The van der Waals surface area contributed by atoms with Crippen molar-refractivity contribution in [3.63, 3.8) is 0 Å². The van der Waals surface area contributed by atoms with E-state index < -0.39 is 0 Å². The number of rotatable bonds is 6. The summed E-state index contributed by atoms with van der Waals surface area (Å²) in [6, 6.07) is 11.3. The van der Waals surface area contributed by atoms with Gasteiger partial charge >= 0.3 is 0 Å². The number of likely N-dealkylation sites (tertiary alicyclic amines) is 1. The zero-order chi connectivity index (χ0) is 21.7. The smallest absolute Gasteiger partial charge is 0.254 e. The van der Waals surface area contributed by atoms with Gasteiger partial charge in [0.1, 0.15) is 17.3 Å². The minimum atomic E-state index is -0.293. The van der Waals surface area contributed by atoms with Crippen LogP contribution in [0.3, 0.4) is 0 Å². The van der Waals surface area contributed by atoms with Gasteiger partial charge in [-0.15, -0.1) is 0 Å². The Hall–Kier alpha value is -3.09. The number of carbonyl (C=O) groups is 2. The molecule has 30 heavy (non-hydrogen) atoms. The first kappa shape index (κ1) is 21.6. The van der Waals surface area contributed by atoms with Crippen LogP contribution in [0.15, 0.2) is 42.5 Å². The lowest BCUT2D eigenvalue weighted by Gasteiger charge is -2.33. The molecule has 0 saturated carbocycles. The van der Waals surface area contributed by atoms with Crippen LogP contribution in [0.25, 0.3) is 0 Å². The molecule has 7 heteroatoms. The first-order chi connectivity index (χ1) is 14.4. The Bertz CT molecular complexity index is 870. The van der Waals surface area contributed by atoms with Crippen LogP contribution in [-0.2, 0) is 11.3 Å². The van der Waals surface area contributed by atoms with Crippen molar-refractivity contribution in [1.82, 2.24) is 9.80 Å². The number of benzene rings is 2. The van der Waals surface area contributed by atoms with E-state index in [1.807, 2.05) is 0 Å². The van der Waals surface area contributed by atoms with Crippen molar-refractivity contribution in [2.24, 2.45) is 5.92 Å². The third-order valence-corrected chi connectivity index (χ3v) is 5.44. The van der Waals surface area contributed by atoms with Crippen LogP contribution >= 0.6 is 0 Å². The van der Waals surface area contributed by atoms with Gasteiger partial charge in [0.2, 0.25) is 5.91 Å². The molecule has 2 amide bonds. The molecule has 0 aliphatic carbocycles. The molecule has 3 rings (SSSR count). The molecule has 0 unspecified atom stereocenters. The van der Waals surface area contributed by atoms with Crippen LogP contribution in [0.5, 0.6) is 11.5 Å². The lowest BCUT2D eigenvalue weighted by atomic mass is 9.94. The second-order valence-electron chi connectivity index (χ2n) is 7.49. The Balaban J connectivity index is 1.58. The van der Waals surface area contributed by atoms with Crippen molar-refractivity contribution in [2.75, 3.05) is 34.4 Å². The normalized spacial score (nSPS) is 14.3. The Morgan fingerprint density at radius 2 is 1.60 bits per heavy atom. The SMILES string of the molecule is COc1cc(OC)cc(C(=O)N2CCC(C(=O)N(C)Cc3ccc(F)cc3)CC2)c1. The molecule has 1 fully saturated rings. The molecule has 0 spiro atoms. The van der Waals surface area contributed by atoms with E-state index in [9.17, 15) is 14.0 Å². The molecule has 6 nitrogen and oxygen atoms in total. The average molecular weight is 414 g/mol. The number of halogens is 1. The predicted octanol–water partition coefficient (Wildman–Crippen LogP) is 3.35. The number of hydrogen-bond donors (Lipinski definition) is 0. The zero-order valence-corrected chi connectivity index (χ0v) is 17.6. The van der Waals surface area contributed by atoms with E-state index in [1.165, 1.54) is 12.1 Å². The lowest BCUT2D eigenvalue weighted by Crippen LogP contribution is -2.43. The second-order valence-corrected chi connectivity index (χ2v) is 7.49. The minimum Gasteiger partial charge on any atom is -0.497 e. The minimum absolute atomic E-state index is 0.0504. The first-order valence-electron chi connectivity index (χ1n) is 9.93. The summed E-state index contributed by atoms with van der Waals surface area (Å²) in [5.74, 6) is 0.653. The number of carbonyl (C=O) groups excluding carboxylic acids is 2. The van der Waals surface area contributed by atoms with Crippen LogP contribution in [0.1, 0.15) is 28.8 Å². The molecule has 0 bridgehead atoms. The molecular weight excluding hydrogens is 387 g/mol. The summed E-state index contributed by atoms with van der Waals surface area (Å²) in [5.41, 5.74) is 1.39. The second kappa shape index (κ2) is 9.61. The molecule has 0 N–H and O–H groups in total. The number of ether oxygens (including phenoxy) is 2. The fourth-order valence-corrected chi connectivity index (χ4v) is 3.70. The third kappa shape index (κ3) is 5.09. The van der Waals surface area contributed by atoms with Crippen LogP contribution < -0.4 is 9.47 Å². The maximum Gasteiger partial charge on any atom is 0.254 e. The molecule has 2 aromatic carbocycles. The van der Waals surface area contributed by atoms with Gasteiger partial charge in [0.25, 0.3) is 5.91 Å². The third-order valence-electron chi connectivity index (χ3n) is 5.44. The molecule has 1 heterocycles.